The molecule has 190 valence electrons. The van der Waals surface area contributed by atoms with Crippen LogP contribution in [0.5, 0.6) is 11.5 Å². The zero-order valence-corrected chi connectivity index (χ0v) is 22.5. The lowest BCUT2D eigenvalue weighted by molar-refractivity contribution is 0.304. The number of hydrogen-bond acceptors (Lipinski definition) is 7. The minimum Gasteiger partial charge on any atom is -0.491 e. The molecular weight excluding hydrogens is 500 g/mol. The first-order valence-corrected chi connectivity index (χ1v) is 13.6. The second kappa shape index (κ2) is 11.1. The van der Waals surface area contributed by atoms with E-state index in [0.29, 0.717) is 34.4 Å². The third-order valence-corrected chi connectivity index (χ3v) is 6.50. The fourth-order valence-electron chi connectivity index (χ4n) is 3.53. The van der Waals surface area contributed by atoms with Gasteiger partial charge in [-0.1, -0.05) is 44.5 Å². The highest BCUT2D eigenvalue weighted by atomic mass is 35.5. The molecule has 0 aliphatic carbocycles. The van der Waals surface area contributed by atoms with Crippen LogP contribution in [-0.2, 0) is 22.0 Å². The van der Waals surface area contributed by atoms with Gasteiger partial charge < -0.3 is 9.47 Å². The summed E-state index contributed by atoms with van der Waals surface area (Å²) in [5, 5.41) is 10.0. The van der Waals surface area contributed by atoms with Crippen LogP contribution in [0.1, 0.15) is 55.1 Å². The first-order chi connectivity index (χ1) is 16.9. The van der Waals surface area contributed by atoms with Crippen molar-refractivity contribution in [2.24, 2.45) is 0 Å². The van der Waals surface area contributed by atoms with Gasteiger partial charge in [-0.2, -0.15) is 5.26 Å². The smallest absolute Gasteiger partial charge is 0.236 e. The van der Waals surface area contributed by atoms with Crippen molar-refractivity contribution in [3.63, 3.8) is 0 Å². The molecule has 8 nitrogen and oxygen atoms in total. The third-order valence-electron chi connectivity index (χ3n) is 5.66. The Kier molecular flexibility index (Phi) is 8.43. The molecule has 0 bridgehead atoms. The summed E-state index contributed by atoms with van der Waals surface area (Å²) in [6.07, 6.45) is 3.40. The highest BCUT2D eigenvalue weighted by Gasteiger charge is 2.26. The predicted molar refractivity (Wildman–Crippen MR) is 140 cm³/mol. The topological polar surface area (TPSA) is 114 Å². The summed E-state index contributed by atoms with van der Waals surface area (Å²) >= 11 is 6.48. The van der Waals surface area contributed by atoms with E-state index in [-0.39, 0.29) is 12.6 Å². The second-order valence-electron chi connectivity index (χ2n) is 8.91. The van der Waals surface area contributed by atoms with Gasteiger partial charge in [-0.25, -0.2) is 18.4 Å². The number of nitriles is 1. The van der Waals surface area contributed by atoms with Crippen molar-refractivity contribution < 1.29 is 17.9 Å². The fraction of sp³-hybridized carbons (Fsp3) is 0.346. The molecule has 0 saturated heterocycles. The van der Waals surface area contributed by atoms with Crippen LogP contribution in [0.15, 0.2) is 42.6 Å². The number of nitrogens with zero attached hydrogens (tertiary/aromatic N) is 3. The molecule has 1 aromatic heterocycles. The average Bonchev–Trinajstić information content (AvgIpc) is 2.81. The number of sulfonamides is 1. The Labute approximate surface area is 217 Å². The number of halogens is 1. The highest BCUT2D eigenvalue weighted by Crippen LogP contribution is 2.38. The molecule has 1 heterocycles. The van der Waals surface area contributed by atoms with E-state index in [2.05, 4.69) is 34.6 Å². The summed E-state index contributed by atoms with van der Waals surface area (Å²) in [6.45, 7) is 8.61. The van der Waals surface area contributed by atoms with E-state index in [1.165, 1.54) is 6.20 Å². The zero-order chi connectivity index (χ0) is 26.5. The van der Waals surface area contributed by atoms with Crippen LogP contribution >= 0.6 is 11.6 Å². The number of nitrogens with one attached hydrogen (secondary N) is 1. The summed E-state index contributed by atoms with van der Waals surface area (Å²) < 4.78 is 36.5. The average molecular weight is 529 g/mol. The van der Waals surface area contributed by atoms with Crippen LogP contribution in [0, 0.1) is 18.3 Å². The Morgan fingerprint density at radius 2 is 1.83 bits per heavy atom. The van der Waals surface area contributed by atoms with Crippen LogP contribution in [0.4, 0.5) is 5.95 Å². The summed E-state index contributed by atoms with van der Waals surface area (Å²) in [5.41, 5.74) is 3.26. The van der Waals surface area contributed by atoms with Gasteiger partial charge in [0, 0.05) is 22.9 Å². The molecule has 3 rings (SSSR count). The second-order valence-corrected chi connectivity index (χ2v) is 11.1. The molecule has 36 heavy (non-hydrogen) atoms. The van der Waals surface area contributed by atoms with Crippen molar-refractivity contribution in [1.82, 2.24) is 9.97 Å². The minimum atomic E-state index is -3.45. The fourth-order valence-corrected chi connectivity index (χ4v) is 4.24. The summed E-state index contributed by atoms with van der Waals surface area (Å²) in [4.78, 5) is 8.21. The predicted octanol–water partition coefficient (Wildman–Crippen LogP) is 5.38. The van der Waals surface area contributed by atoms with E-state index < -0.39 is 15.4 Å². The maximum absolute atomic E-state index is 11.4. The van der Waals surface area contributed by atoms with Crippen molar-refractivity contribution in [1.29, 1.82) is 5.26 Å². The number of aromatic nitrogens is 2. The van der Waals surface area contributed by atoms with Gasteiger partial charge in [0.2, 0.25) is 16.0 Å². The van der Waals surface area contributed by atoms with Crippen molar-refractivity contribution in [3.8, 4) is 17.6 Å². The van der Waals surface area contributed by atoms with Gasteiger partial charge in [0.05, 0.1) is 23.4 Å². The summed E-state index contributed by atoms with van der Waals surface area (Å²) in [5.74, 6) is 1.10. The molecule has 0 fully saturated rings. The molecule has 1 N–H and O–H groups in total. The van der Waals surface area contributed by atoms with Crippen molar-refractivity contribution in [3.05, 3.63) is 75.6 Å². The number of rotatable bonds is 10. The highest BCUT2D eigenvalue weighted by molar-refractivity contribution is 7.91. The monoisotopic (exact) mass is 528 g/mol. The van der Waals surface area contributed by atoms with Crippen molar-refractivity contribution in [2.45, 2.75) is 46.1 Å². The molecule has 3 aromatic rings. The van der Waals surface area contributed by atoms with Gasteiger partial charge in [0.15, 0.2) is 5.75 Å². The first-order valence-electron chi connectivity index (χ1n) is 11.3. The molecule has 0 unspecified atom stereocenters. The lowest BCUT2D eigenvalue weighted by Crippen LogP contribution is -2.19. The molecular formula is C26H29ClN4O4S. The third kappa shape index (κ3) is 6.65. The Bertz CT molecular complexity index is 1380. The van der Waals surface area contributed by atoms with Gasteiger partial charge >= 0.3 is 0 Å². The minimum absolute atomic E-state index is 0.0231. The van der Waals surface area contributed by atoms with E-state index >= 15 is 0 Å². The van der Waals surface area contributed by atoms with E-state index in [0.717, 1.165) is 29.4 Å². The maximum Gasteiger partial charge on any atom is 0.236 e. The van der Waals surface area contributed by atoms with Crippen LogP contribution < -0.4 is 14.2 Å². The number of hydrogen-bond donors (Lipinski definition) is 1. The SMILES string of the molecule is CCCOc1c(Cl)cc(C(C)(C)c2ccc(OCc3cnc(NS(C)(=O)=O)nc3C)cc2)cc1C#N. The van der Waals surface area contributed by atoms with Gasteiger partial charge in [-0.15, -0.1) is 0 Å². The van der Waals surface area contributed by atoms with Crippen molar-refractivity contribution >= 4 is 27.6 Å². The number of benzene rings is 2. The van der Waals surface area contributed by atoms with Crippen LogP contribution in [0.3, 0.4) is 0 Å². The molecule has 0 saturated carbocycles. The standard InChI is InChI=1S/C26H29ClN4O4S/c1-6-11-34-24-18(14-28)12-21(13-23(24)27)26(3,4)20-7-9-22(10-8-20)35-16-19-15-29-25(30-17(19)2)31-36(5,32)33/h7-10,12-13,15H,6,11,16H2,1-5H3,(H,29,30,31). The van der Waals surface area contributed by atoms with Gasteiger partial charge in [0.1, 0.15) is 18.4 Å². The van der Waals surface area contributed by atoms with Crippen LogP contribution in [0.25, 0.3) is 0 Å². The van der Waals surface area contributed by atoms with E-state index in [1.54, 1.807) is 6.92 Å². The maximum atomic E-state index is 11.4. The summed E-state index contributed by atoms with van der Waals surface area (Å²) in [7, 11) is -3.45. The lowest BCUT2D eigenvalue weighted by atomic mass is 9.77. The lowest BCUT2D eigenvalue weighted by Gasteiger charge is -2.27. The van der Waals surface area contributed by atoms with Gasteiger partial charge in [-0.3, -0.25) is 4.72 Å². The normalized spacial score (nSPS) is 11.6. The Morgan fingerprint density at radius 3 is 2.42 bits per heavy atom. The van der Waals surface area contributed by atoms with E-state index in [4.69, 9.17) is 21.1 Å². The first kappa shape index (κ1) is 27.2. The van der Waals surface area contributed by atoms with E-state index in [9.17, 15) is 13.7 Å². The quantitative estimate of drug-likeness (QED) is 0.376. The van der Waals surface area contributed by atoms with Gasteiger partial charge in [-0.05, 0) is 48.7 Å². The molecule has 0 aliphatic heterocycles. The van der Waals surface area contributed by atoms with Crippen molar-refractivity contribution in [2.75, 3.05) is 17.6 Å². The van der Waals surface area contributed by atoms with Crippen LogP contribution in [-0.4, -0.2) is 31.2 Å². The largest absolute Gasteiger partial charge is 0.491 e. The zero-order valence-electron chi connectivity index (χ0n) is 20.9. The number of aryl methyl sites for hydroxylation is 1. The van der Waals surface area contributed by atoms with E-state index in [1.807, 2.05) is 43.3 Å². The Balaban J connectivity index is 1.75. The molecule has 0 radical (unpaired) electrons. The molecule has 0 aliphatic rings. The molecule has 10 heteroatoms. The number of anilines is 1. The molecule has 0 spiro atoms. The van der Waals surface area contributed by atoms with Gasteiger partial charge in [0.25, 0.3) is 0 Å². The molecule has 2 aromatic carbocycles. The van der Waals surface area contributed by atoms with Crippen LogP contribution in [0.2, 0.25) is 5.02 Å². The Hall–Kier alpha value is -3.35. The molecule has 0 atom stereocenters. The molecule has 0 amide bonds. The Morgan fingerprint density at radius 1 is 1.14 bits per heavy atom. The number of ether oxygens (including phenoxy) is 2. The summed E-state index contributed by atoms with van der Waals surface area (Å²) in [6, 6.07) is 13.6.